The molecule has 3 N–H and O–H groups in total. The lowest BCUT2D eigenvalue weighted by atomic mass is 10.1. The summed E-state index contributed by atoms with van der Waals surface area (Å²) in [5.41, 5.74) is 1.07. The standard InChI is InChI=1S/C14H20N2O5S/c17-13(7-6-12-4-2-1-3-5-12)15-9-8-14(18)16-10-11-22(19,20)21/h1-5H,6-11H2,(H,15,17)(H,16,18)(H,19,20,21). The Morgan fingerprint density at radius 2 is 1.55 bits per heavy atom. The highest BCUT2D eigenvalue weighted by molar-refractivity contribution is 7.85. The molecule has 1 aromatic carbocycles. The SMILES string of the molecule is O=C(CCNC(=O)CCc1ccccc1)NCCS(=O)(=O)O. The fourth-order valence-electron chi connectivity index (χ4n) is 1.71. The minimum Gasteiger partial charge on any atom is -0.356 e. The number of nitrogens with one attached hydrogen (secondary N) is 2. The largest absolute Gasteiger partial charge is 0.356 e. The van der Waals surface area contributed by atoms with Crippen LogP contribution in [0.15, 0.2) is 30.3 Å². The Kier molecular flexibility index (Phi) is 7.55. The maximum Gasteiger partial charge on any atom is 0.266 e. The lowest BCUT2D eigenvalue weighted by Crippen LogP contribution is -2.33. The second kappa shape index (κ2) is 9.16. The van der Waals surface area contributed by atoms with Crippen molar-refractivity contribution in [2.24, 2.45) is 0 Å². The second-order valence-electron chi connectivity index (χ2n) is 4.72. The maximum atomic E-state index is 11.6. The van der Waals surface area contributed by atoms with E-state index in [-0.39, 0.29) is 31.3 Å². The molecule has 8 heteroatoms. The van der Waals surface area contributed by atoms with Gasteiger partial charge in [-0.15, -0.1) is 0 Å². The summed E-state index contributed by atoms with van der Waals surface area (Å²) in [4.78, 5) is 22.9. The lowest BCUT2D eigenvalue weighted by molar-refractivity contribution is -0.122. The van der Waals surface area contributed by atoms with Crippen molar-refractivity contribution in [3.63, 3.8) is 0 Å². The van der Waals surface area contributed by atoms with Crippen LogP contribution in [0.4, 0.5) is 0 Å². The summed E-state index contributed by atoms with van der Waals surface area (Å²) in [6.07, 6.45) is 1.03. The van der Waals surface area contributed by atoms with Gasteiger partial charge in [-0.2, -0.15) is 8.42 Å². The van der Waals surface area contributed by atoms with Crippen LogP contribution in [0, 0.1) is 0 Å². The van der Waals surface area contributed by atoms with E-state index in [1.807, 2.05) is 30.3 Å². The molecule has 0 bridgehead atoms. The number of amides is 2. The van der Waals surface area contributed by atoms with Gasteiger partial charge in [-0.3, -0.25) is 14.1 Å². The molecule has 22 heavy (non-hydrogen) atoms. The van der Waals surface area contributed by atoms with E-state index >= 15 is 0 Å². The third-order valence-electron chi connectivity index (χ3n) is 2.84. The van der Waals surface area contributed by atoms with Gasteiger partial charge in [-0.05, 0) is 12.0 Å². The Labute approximate surface area is 129 Å². The van der Waals surface area contributed by atoms with Gasteiger partial charge in [0.2, 0.25) is 11.8 Å². The molecule has 2 amide bonds. The molecule has 0 unspecified atom stereocenters. The van der Waals surface area contributed by atoms with E-state index in [9.17, 15) is 18.0 Å². The van der Waals surface area contributed by atoms with Crippen LogP contribution in [0.25, 0.3) is 0 Å². The van der Waals surface area contributed by atoms with Gasteiger partial charge in [0.1, 0.15) is 0 Å². The molecule has 0 saturated heterocycles. The van der Waals surface area contributed by atoms with E-state index in [4.69, 9.17) is 4.55 Å². The van der Waals surface area contributed by atoms with E-state index < -0.39 is 15.9 Å². The Balaban J connectivity index is 2.10. The predicted octanol–water partition coefficient (Wildman–Crippen LogP) is 0.130. The van der Waals surface area contributed by atoms with Gasteiger partial charge >= 0.3 is 0 Å². The predicted molar refractivity (Wildman–Crippen MR) is 81.8 cm³/mol. The van der Waals surface area contributed by atoms with Gasteiger partial charge in [0.05, 0.1) is 5.75 Å². The molecule has 0 aliphatic heterocycles. The van der Waals surface area contributed by atoms with Crippen molar-refractivity contribution in [2.75, 3.05) is 18.8 Å². The molecule has 0 aromatic heterocycles. The Hall–Kier alpha value is -1.93. The van der Waals surface area contributed by atoms with Crippen molar-refractivity contribution >= 4 is 21.9 Å². The van der Waals surface area contributed by atoms with Crippen LogP contribution in [0.5, 0.6) is 0 Å². The smallest absolute Gasteiger partial charge is 0.266 e. The number of hydrogen-bond donors (Lipinski definition) is 3. The van der Waals surface area contributed by atoms with Crippen molar-refractivity contribution in [1.29, 1.82) is 0 Å². The highest BCUT2D eigenvalue weighted by Gasteiger charge is 2.07. The lowest BCUT2D eigenvalue weighted by Gasteiger charge is -2.06. The molecule has 7 nitrogen and oxygen atoms in total. The van der Waals surface area contributed by atoms with Crippen molar-refractivity contribution in [1.82, 2.24) is 10.6 Å². The molecule has 0 heterocycles. The quantitative estimate of drug-likeness (QED) is 0.558. The molecule has 1 rings (SSSR count). The molecular formula is C14H20N2O5S. The Bertz CT molecular complexity index is 587. The summed E-state index contributed by atoms with van der Waals surface area (Å²) >= 11 is 0. The van der Waals surface area contributed by atoms with Crippen LogP contribution in [0.3, 0.4) is 0 Å². The normalized spacial score (nSPS) is 11.0. The first-order valence-corrected chi connectivity index (χ1v) is 8.50. The van der Waals surface area contributed by atoms with E-state index in [2.05, 4.69) is 10.6 Å². The first-order valence-electron chi connectivity index (χ1n) is 6.89. The average Bonchev–Trinajstić information content (AvgIpc) is 2.45. The highest BCUT2D eigenvalue weighted by atomic mass is 32.2. The van der Waals surface area contributed by atoms with Gasteiger partial charge in [-0.25, -0.2) is 0 Å². The molecule has 0 atom stereocenters. The fourth-order valence-corrected chi connectivity index (χ4v) is 2.07. The molecule has 0 aliphatic carbocycles. The summed E-state index contributed by atoms with van der Waals surface area (Å²) in [6.45, 7) is 0.0327. The second-order valence-corrected chi connectivity index (χ2v) is 6.29. The number of carbonyl (C=O) groups excluding carboxylic acids is 2. The third kappa shape index (κ3) is 9.09. The Morgan fingerprint density at radius 1 is 0.955 bits per heavy atom. The zero-order valence-electron chi connectivity index (χ0n) is 12.1. The number of carbonyl (C=O) groups is 2. The van der Waals surface area contributed by atoms with Crippen molar-refractivity contribution in [3.05, 3.63) is 35.9 Å². The maximum absolute atomic E-state index is 11.6. The molecule has 0 fully saturated rings. The fraction of sp³-hybridized carbons (Fsp3) is 0.429. The van der Waals surface area contributed by atoms with Crippen molar-refractivity contribution in [3.8, 4) is 0 Å². The van der Waals surface area contributed by atoms with Gasteiger partial charge in [0.25, 0.3) is 10.1 Å². The molecule has 0 spiro atoms. The van der Waals surface area contributed by atoms with Crippen molar-refractivity contribution < 1.29 is 22.6 Å². The van der Waals surface area contributed by atoms with Gasteiger partial charge in [0, 0.05) is 25.9 Å². The van der Waals surface area contributed by atoms with Crippen LogP contribution in [0.2, 0.25) is 0 Å². The van der Waals surface area contributed by atoms with Crippen LogP contribution in [0.1, 0.15) is 18.4 Å². The summed E-state index contributed by atoms with van der Waals surface area (Å²) < 4.78 is 29.4. The molecule has 0 saturated carbocycles. The number of hydrogen-bond acceptors (Lipinski definition) is 4. The van der Waals surface area contributed by atoms with Crippen LogP contribution < -0.4 is 10.6 Å². The monoisotopic (exact) mass is 328 g/mol. The van der Waals surface area contributed by atoms with E-state index in [1.54, 1.807) is 0 Å². The first kappa shape index (κ1) is 18.1. The zero-order chi connectivity index (χ0) is 16.4. The minimum absolute atomic E-state index is 0.0581. The third-order valence-corrected chi connectivity index (χ3v) is 3.56. The summed E-state index contributed by atoms with van der Waals surface area (Å²) in [6, 6.07) is 9.60. The zero-order valence-corrected chi connectivity index (χ0v) is 12.9. The Morgan fingerprint density at radius 3 is 2.18 bits per heavy atom. The summed E-state index contributed by atoms with van der Waals surface area (Å²) in [5, 5.41) is 4.96. The van der Waals surface area contributed by atoms with E-state index in [0.29, 0.717) is 12.8 Å². The number of benzene rings is 1. The molecule has 1 aromatic rings. The summed E-state index contributed by atoms with van der Waals surface area (Å²) in [7, 11) is -4.07. The van der Waals surface area contributed by atoms with Gasteiger partial charge in [-0.1, -0.05) is 30.3 Å². The van der Waals surface area contributed by atoms with E-state index in [0.717, 1.165) is 5.56 Å². The molecule has 0 radical (unpaired) electrons. The summed E-state index contributed by atoms with van der Waals surface area (Å²) in [5.74, 6) is -1.05. The van der Waals surface area contributed by atoms with E-state index in [1.165, 1.54) is 0 Å². The molecule has 122 valence electrons. The van der Waals surface area contributed by atoms with Crippen LogP contribution >= 0.6 is 0 Å². The van der Waals surface area contributed by atoms with Gasteiger partial charge in [0.15, 0.2) is 0 Å². The molecule has 0 aliphatic rings. The number of rotatable bonds is 9. The highest BCUT2D eigenvalue weighted by Crippen LogP contribution is 2.01. The topological polar surface area (TPSA) is 113 Å². The van der Waals surface area contributed by atoms with Crippen LogP contribution in [-0.2, 0) is 26.1 Å². The average molecular weight is 328 g/mol. The van der Waals surface area contributed by atoms with Crippen molar-refractivity contribution in [2.45, 2.75) is 19.3 Å². The van der Waals surface area contributed by atoms with Crippen LogP contribution in [-0.4, -0.2) is 43.6 Å². The minimum atomic E-state index is -4.07. The van der Waals surface area contributed by atoms with Gasteiger partial charge < -0.3 is 10.6 Å². The number of aryl methyl sites for hydroxylation is 1. The molecular weight excluding hydrogens is 308 g/mol. The first-order chi connectivity index (χ1) is 10.4.